The van der Waals surface area contributed by atoms with Crippen molar-refractivity contribution >= 4 is 30.4 Å². The van der Waals surface area contributed by atoms with Gasteiger partial charge in [0.2, 0.25) is 0 Å². The molecule has 0 amide bonds. The molecule has 0 bridgehead atoms. The predicted octanol–water partition coefficient (Wildman–Crippen LogP) is 2.95. The third-order valence-electron chi connectivity index (χ3n) is 4.55. The summed E-state index contributed by atoms with van der Waals surface area (Å²) in [5, 5.41) is 0.510. The molecule has 3 atom stereocenters. The Kier molecular flexibility index (Phi) is 5.91. The van der Waals surface area contributed by atoms with Crippen LogP contribution in [0.3, 0.4) is 0 Å². The molecule has 0 aromatic carbocycles. The summed E-state index contributed by atoms with van der Waals surface area (Å²) in [6.07, 6.45) is 9.49. The summed E-state index contributed by atoms with van der Waals surface area (Å²) in [6.45, 7) is 7.41. The molecule has 3 rings (SSSR count). The molecular weight excluding hydrogens is 310 g/mol. The van der Waals surface area contributed by atoms with Crippen molar-refractivity contribution in [3.8, 4) is 0 Å². The number of aliphatic imine (C=N–C) groups is 3. The average Bonchev–Trinajstić information content (AvgIpc) is 2.87. The fourth-order valence-electron chi connectivity index (χ4n) is 2.77. The van der Waals surface area contributed by atoms with Gasteiger partial charge in [-0.15, -0.1) is 0 Å². The van der Waals surface area contributed by atoms with E-state index in [1.165, 1.54) is 19.0 Å². The molecule has 124 valence electrons. The van der Waals surface area contributed by atoms with Gasteiger partial charge < -0.3 is 10.6 Å². The number of nitrogens with zero attached hydrogens (tertiary/aromatic N) is 4. The van der Waals surface area contributed by atoms with Crippen LogP contribution in [0.1, 0.15) is 20.8 Å². The summed E-state index contributed by atoms with van der Waals surface area (Å²) >= 11 is 6.18. The van der Waals surface area contributed by atoms with Crippen molar-refractivity contribution in [1.82, 2.24) is 4.90 Å². The monoisotopic (exact) mass is 333 g/mol. The van der Waals surface area contributed by atoms with Crippen LogP contribution in [0.25, 0.3) is 0 Å². The second-order valence-electron chi connectivity index (χ2n) is 5.78. The second kappa shape index (κ2) is 7.70. The quantitative estimate of drug-likeness (QED) is 0.789. The van der Waals surface area contributed by atoms with Crippen LogP contribution in [0.5, 0.6) is 0 Å². The zero-order chi connectivity index (χ0) is 17.0. The van der Waals surface area contributed by atoms with Crippen LogP contribution < -0.4 is 5.73 Å². The summed E-state index contributed by atoms with van der Waals surface area (Å²) in [7, 11) is 1.50. The molecule has 0 aromatic heterocycles. The van der Waals surface area contributed by atoms with Gasteiger partial charge in [0, 0.05) is 24.2 Å². The average molecular weight is 334 g/mol. The van der Waals surface area contributed by atoms with Crippen molar-refractivity contribution in [2.24, 2.45) is 32.5 Å². The van der Waals surface area contributed by atoms with Gasteiger partial charge in [-0.3, -0.25) is 4.99 Å². The van der Waals surface area contributed by atoms with Crippen molar-refractivity contribution in [3.63, 3.8) is 0 Å². The van der Waals surface area contributed by atoms with Crippen LogP contribution in [-0.2, 0) is 0 Å². The summed E-state index contributed by atoms with van der Waals surface area (Å²) < 4.78 is 0. The highest BCUT2D eigenvalue weighted by Crippen LogP contribution is 2.31. The fraction of sp³-hybridized carbons (Fsp3) is 0.471. The van der Waals surface area contributed by atoms with Gasteiger partial charge in [0.05, 0.1) is 18.3 Å². The van der Waals surface area contributed by atoms with Crippen LogP contribution in [0.15, 0.2) is 49.3 Å². The smallest absolute Gasteiger partial charge is 0.136 e. The maximum atomic E-state index is 6.18. The van der Waals surface area contributed by atoms with Crippen molar-refractivity contribution in [2.75, 3.05) is 13.6 Å². The molecule has 2 N–H and O–H groups in total. The Balaban J connectivity index is 0.000000924. The number of hydrogen-bond acceptors (Lipinski definition) is 5. The van der Waals surface area contributed by atoms with Gasteiger partial charge in [-0.2, -0.15) is 0 Å². The highest BCUT2D eigenvalue weighted by atomic mass is 35.5. The Morgan fingerprint density at radius 2 is 1.96 bits per heavy atom. The first-order valence-corrected chi connectivity index (χ1v) is 8.16. The highest BCUT2D eigenvalue weighted by Gasteiger charge is 2.28. The van der Waals surface area contributed by atoms with E-state index >= 15 is 0 Å². The van der Waals surface area contributed by atoms with Gasteiger partial charge >= 0.3 is 0 Å². The largest absolute Gasteiger partial charge is 0.359 e. The Labute approximate surface area is 143 Å². The first kappa shape index (κ1) is 17.6. The minimum Gasteiger partial charge on any atom is -0.359 e. The summed E-state index contributed by atoms with van der Waals surface area (Å²) in [4.78, 5) is 15.1. The zero-order valence-electron chi connectivity index (χ0n) is 14.1. The normalized spacial score (nSPS) is 28.8. The molecule has 0 spiro atoms. The Bertz CT molecular complexity index is 627. The van der Waals surface area contributed by atoms with E-state index in [0.29, 0.717) is 17.0 Å². The lowest BCUT2D eigenvalue weighted by atomic mass is 9.87. The number of nitrogens with two attached hydrogens (primary N) is 1. The molecule has 6 heteroatoms. The van der Waals surface area contributed by atoms with Crippen molar-refractivity contribution in [1.29, 1.82) is 0 Å². The van der Waals surface area contributed by atoms with Crippen LogP contribution in [-0.4, -0.2) is 43.3 Å². The summed E-state index contributed by atoms with van der Waals surface area (Å²) in [5.74, 6) is 1.04. The third-order valence-corrected chi connectivity index (χ3v) is 4.87. The molecule has 5 nitrogen and oxygen atoms in total. The lowest BCUT2D eigenvalue weighted by Gasteiger charge is -2.28. The van der Waals surface area contributed by atoms with E-state index in [-0.39, 0.29) is 6.04 Å². The first-order chi connectivity index (χ1) is 11.1. The van der Waals surface area contributed by atoms with E-state index in [4.69, 9.17) is 11.6 Å². The molecule has 0 saturated carbocycles. The van der Waals surface area contributed by atoms with Crippen molar-refractivity contribution in [3.05, 3.63) is 34.3 Å². The van der Waals surface area contributed by atoms with Crippen molar-refractivity contribution < 1.29 is 0 Å². The molecule has 3 heterocycles. The topological polar surface area (TPSA) is 66.3 Å². The maximum absolute atomic E-state index is 6.18. The lowest BCUT2D eigenvalue weighted by Crippen LogP contribution is -2.32. The van der Waals surface area contributed by atoms with E-state index in [1.807, 2.05) is 18.5 Å². The number of fused-ring (bicyclic) bond motifs is 1. The first-order valence-electron chi connectivity index (χ1n) is 7.79. The molecule has 0 aromatic rings. The van der Waals surface area contributed by atoms with Gasteiger partial charge in [0.25, 0.3) is 0 Å². The molecule has 0 aliphatic carbocycles. The van der Waals surface area contributed by atoms with Gasteiger partial charge in [0.1, 0.15) is 11.5 Å². The molecule has 0 fully saturated rings. The SMILES string of the molecule is CC1=C(CN2C=CC3=C(Cl)N=CN=CC32)N=CC(C)C1C.CN. The molecule has 3 aliphatic rings. The number of halogens is 1. The molecule has 0 radical (unpaired) electrons. The molecular formula is C17H24ClN5. The Hall–Kier alpha value is -1.72. The molecule has 3 aliphatic heterocycles. The minimum absolute atomic E-state index is 0.0464. The third kappa shape index (κ3) is 3.62. The van der Waals surface area contributed by atoms with E-state index in [1.54, 1.807) is 0 Å². The van der Waals surface area contributed by atoms with Gasteiger partial charge in [-0.25, -0.2) is 9.98 Å². The Morgan fingerprint density at radius 3 is 2.70 bits per heavy atom. The zero-order valence-corrected chi connectivity index (χ0v) is 14.8. The second-order valence-corrected chi connectivity index (χ2v) is 6.14. The number of hydrogen-bond donors (Lipinski definition) is 1. The van der Waals surface area contributed by atoms with Gasteiger partial charge in [0.15, 0.2) is 0 Å². The summed E-state index contributed by atoms with van der Waals surface area (Å²) in [6, 6.07) is 0.0464. The number of allylic oxidation sites excluding steroid dienone is 1. The maximum Gasteiger partial charge on any atom is 0.136 e. The Morgan fingerprint density at radius 1 is 1.22 bits per heavy atom. The molecule has 0 saturated heterocycles. The lowest BCUT2D eigenvalue weighted by molar-refractivity contribution is 0.410. The van der Waals surface area contributed by atoms with Crippen molar-refractivity contribution in [2.45, 2.75) is 26.8 Å². The summed E-state index contributed by atoms with van der Waals surface area (Å²) in [5.41, 5.74) is 8.00. The predicted molar refractivity (Wildman–Crippen MR) is 99.1 cm³/mol. The van der Waals surface area contributed by atoms with E-state index in [2.05, 4.69) is 52.6 Å². The number of rotatable bonds is 2. The van der Waals surface area contributed by atoms with Crippen LogP contribution in [0, 0.1) is 11.8 Å². The van der Waals surface area contributed by atoms with Crippen LogP contribution in [0.4, 0.5) is 0 Å². The van der Waals surface area contributed by atoms with Crippen LogP contribution in [0.2, 0.25) is 0 Å². The molecule has 3 unspecified atom stereocenters. The van der Waals surface area contributed by atoms with E-state index < -0.39 is 0 Å². The molecule has 23 heavy (non-hydrogen) atoms. The van der Waals surface area contributed by atoms with Gasteiger partial charge in [-0.1, -0.05) is 25.4 Å². The van der Waals surface area contributed by atoms with Crippen LogP contribution >= 0.6 is 11.6 Å². The highest BCUT2D eigenvalue weighted by molar-refractivity contribution is 6.30. The van der Waals surface area contributed by atoms with Gasteiger partial charge in [-0.05, 0) is 37.5 Å². The van der Waals surface area contributed by atoms with E-state index in [0.717, 1.165) is 17.8 Å². The van der Waals surface area contributed by atoms with E-state index in [9.17, 15) is 0 Å². The fourth-order valence-corrected chi connectivity index (χ4v) is 2.98. The minimum atomic E-state index is 0.0464. The standard InChI is InChI=1S/C16H19ClN4.CH5N/c1-10-6-19-14(12(3)11(10)2)8-21-5-4-13-15(21)7-18-9-20-16(13)17;1-2/h4-7,9-11,15H,8H2,1-3H3;2H2,1H3.